The fraction of sp³-hybridized carbons (Fsp3) is 0. The molecule has 0 bridgehead atoms. The van der Waals surface area contributed by atoms with Crippen molar-refractivity contribution >= 4 is 43.6 Å². The van der Waals surface area contributed by atoms with Gasteiger partial charge in [0.2, 0.25) is 0 Å². The second-order valence-corrected chi connectivity index (χ2v) is 20.5. The molecule has 3 aromatic heterocycles. The van der Waals surface area contributed by atoms with Crippen LogP contribution in [0.3, 0.4) is 0 Å². The van der Waals surface area contributed by atoms with E-state index in [2.05, 4.69) is 63.8 Å². The van der Waals surface area contributed by atoms with Crippen molar-refractivity contribution in [1.82, 2.24) is 14.1 Å². The zero-order valence-corrected chi connectivity index (χ0v) is 45.0. The highest BCUT2D eigenvalue weighted by molar-refractivity contribution is 6.14. The fourth-order valence-corrected chi connectivity index (χ4v) is 11.6. The SMILES string of the molecule is N#Cc1cc(C#N)cc(-c2ccc3c(c2)c2cc(-c4cc(C#N)cc(C#N)c4)ccc2n3-c2cc(C#N)cc(-n3c4ccc(-c5cc(C#N)cc(C#N)c5)cc4c4cc(-c5cc(C#N)cc(C#N)c5)ccc43)c2-c2cccc(-c3ccccc3)n2)c1. The molecule has 13 aromatic rings. The van der Waals surface area contributed by atoms with Gasteiger partial charge in [-0.3, -0.25) is 0 Å². The molecule has 12 nitrogen and oxygen atoms in total. The molecule has 0 N–H and O–H groups in total. The minimum Gasteiger partial charge on any atom is -0.308 e. The first-order valence-corrected chi connectivity index (χ1v) is 26.7. The Morgan fingerprint density at radius 2 is 0.512 bits per heavy atom. The third-order valence-corrected chi connectivity index (χ3v) is 15.4. The van der Waals surface area contributed by atoms with Crippen molar-refractivity contribution in [2.24, 2.45) is 0 Å². The van der Waals surface area contributed by atoms with E-state index in [1.807, 2.05) is 133 Å². The van der Waals surface area contributed by atoms with Gasteiger partial charge in [-0.1, -0.05) is 60.7 Å². The van der Waals surface area contributed by atoms with Gasteiger partial charge in [0.05, 0.1) is 150 Å². The summed E-state index contributed by atoms with van der Waals surface area (Å²) in [6.07, 6.45) is 0. The average Bonchev–Trinajstić information content (AvgIpc) is 1.73. The highest BCUT2D eigenvalue weighted by Crippen LogP contribution is 2.46. The maximum atomic E-state index is 11.3. The van der Waals surface area contributed by atoms with Crippen LogP contribution in [0.15, 0.2) is 206 Å². The Kier molecular flexibility index (Phi) is 12.7. The van der Waals surface area contributed by atoms with Crippen LogP contribution in [-0.4, -0.2) is 14.1 Å². The molecule has 12 heteroatoms. The Bertz CT molecular complexity index is 4850. The molecule has 0 saturated heterocycles. The van der Waals surface area contributed by atoms with Crippen molar-refractivity contribution in [3.05, 3.63) is 256 Å². The fourth-order valence-electron chi connectivity index (χ4n) is 11.6. The highest BCUT2D eigenvalue weighted by Gasteiger charge is 2.26. The van der Waals surface area contributed by atoms with Crippen LogP contribution in [0, 0.1) is 102 Å². The molecule has 0 spiro atoms. The Hall–Kier alpha value is -13.6. The summed E-state index contributed by atoms with van der Waals surface area (Å²) in [6.45, 7) is 0. The number of hydrogen-bond donors (Lipinski definition) is 0. The molecule has 0 aliphatic rings. The smallest absolute Gasteiger partial charge is 0.0993 e. The summed E-state index contributed by atoms with van der Waals surface area (Å²) in [5.74, 6) is 0. The number of aromatic nitrogens is 3. The van der Waals surface area contributed by atoms with E-state index in [0.717, 1.165) is 71.4 Å². The summed E-state index contributed by atoms with van der Waals surface area (Å²) in [5.41, 5.74) is 15.3. The van der Waals surface area contributed by atoms with E-state index in [4.69, 9.17) is 4.98 Å². The largest absolute Gasteiger partial charge is 0.308 e. The molecule has 10 aromatic carbocycles. The van der Waals surface area contributed by atoms with Crippen LogP contribution in [-0.2, 0) is 0 Å². The van der Waals surface area contributed by atoms with Crippen molar-refractivity contribution in [3.63, 3.8) is 0 Å². The molecule has 0 amide bonds. The van der Waals surface area contributed by atoms with E-state index >= 15 is 0 Å². The average molecular weight is 1090 g/mol. The summed E-state index contributed by atoms with van der Waals surface area (Å²) in [4.78, 5) is 5.46. The number of nitrogens with zero attached hydrogens (tertiary/aromatic N) is 12. The maximum Gasteiger partial charge on any atom is 0.0993 e. The highest BCUT2D eigenvalue weighted by atomic mass is 15.0. The number of rotatable bonds is 8. The van der Waals surface area contributed by atoms with Crippen LogP contribution in [0.25, 0.3) is 122 Å². The lowest BCUT2D eigenvalue weighted by atomic mass is 9.97. The third-order valence-electron chi connectivity index (χ3n) is 15.4. The standard InChI is InChI=1S/C74H34N12/c75-35-44-17-45(36-76)22-58(21-44)54-9-13-68-62(31-54)63-32-55(59-23-46(37-77)18-47(24-59)38-78)10-14-69(63)85(68)72-29-52(43-83)30-73(74(72)67-8-4-7-66(84-67)53-5-2-1-3-6-53)86-70-15-11-56(60-25-48(39-79)19-49(26-60)40-80)33-64(70)65-34-57(12-16-71(65)86)61-27-50(41-81)20-51(28-61)42-82/h1-34H. The molecule has 86 heavy (non-hydrogen) atoms. The molecular weight excluding hydrogens is 1060 g/mol. The van der Waals surface area contributed by atoms with Crippen LogP contribution in [0.1, 0.15) is 50.1 Å². The van der Waals surface area contributed by atoms with Crippen LogP contribution in [0.5, 0.6) is 0 Å². The number of hydrogen-bond acceptors (Lipinski definition) is 10. The van der Waals surface area contributed by atoms with Crippen molar-refractivity contribution < 1.29 is 0 Å². The summed E-state index contributed by atoms with van der Waals surface area (Å²) >= 11 is 0. The van der Waals surface area contributed by atoms with Crippen LogP contribution in [0.2, 0.25) is 0 Å². The maximum absolute atomic E-state index is 11.3. The molecule has 0 saturated carbocycles. The van der Waals surface area contributed by atoms with Crippen LogP contribution < -0.4 is 0 Å². The van der Waals surface area contributed by atoms with Gasteiger partial charge in [-0.15, -0.1) is 0 Å². The van der Waals surface area contributed by atoms with Gasteiger partial charge in [-0.2, -0.15) is 47.4 Å². The summed E-state index contributed by atoms with van der Waals surface area (Å²) in [6, 6.07) is 83.3. The lowest BCUT2D eigenvalue weighted by molar-refractivity contribution is 1.12. The van der Waals surface area contributed by atoms with Gasteiger partial charge in [0, 0.05) is 32.7 Å². The first-order valence-electron chi connectivity index (χ1n) is 26.7. The van der Waals surface area contributed by atoms with Gasteiger partial charge >= 0.3 is 0 Å². The molecule has 0 radical (unpaired) electrons. The predicted octanol–water partition coefficient (Wildman–Crippen LogP) is 16.1. The van der Waals surface area contributed by atoms with Crippen molar-refractivity contribution in [2.45, 2.75) is 0 Å². The van der Waals surface area contributed by atoms with Crippen molar-refractivity contribution in [1.29, 1.82) is 47.4 Å². The summed E-state index contributed by atoms with van der Waals surface area (Å²) < 4.78 is 4.23. The first kappa shape index (κ1) is 51.8. The van der Waals surface area contributed by atoms with E-state index in [0.29, 0.717) is 101 Å². The van der Waals surface area contributed by atoms with Gasteiger partial charge in [0.1, 0.15) is 0 Å². The number of nitriles is 9. The van der Waals surface area contributed by atoms with E-state index in [1.165, 1.54) is 0 Å². The second-order valence-electron chi connectivity index (χ2n) is 20.5. The molecule has 0 aliphatic heterocycles. The van der Waals surface area contributed by atoms with Crippen LogP contribution in [0.4, 0.5) is 0 Å². The van der Waals surface area contributed by atoms with Gasteiger partial charge in [-0.05, 0) is 190 Å². The lowest BCUT2D eigenvalue weighted by Crippen LogP contribution is -2.06. The van der Waals surface area contributed by atoms with Crippen LogP contribution >= 0.6 is 0 Å². The molecular formula is C74H34N12. The third kappa shape index (κ3) is 8.96. The number of fused-ring (bicyclic) bond motifs is 6. The number of benzene rings is 10. The summed E-state index contributed by atoms with van der Waals surface area (Å²) in [5, 5.41) is 94.8. The zero-order chi connectivity index (χ0) is 59.2. The summed E-state index contributed by atoms with van der Waals surface area (Å²) in [7, 11) is 0. The number of pyridine rings is 1. The first-order chi connectivity index (χ1) is 42.1. The lowest BCUT2D eigenvalue weighted by Gasteiger charge is -2.21. The van der Waals surface area contributed by atoms with E-state index in [9.17, 15) is 47.4 Å². The Morgan fingerprint density at radius 1 is 0.233 bits per heavy atom. The molecule has 390 valence electrons. The zero-order valence-electron chi connectivity index (χ0n) is 45.0. The molecule has 0 aliphatic carbocycles. The predicted molar refractivity (Wildman–Crippen MR) is 328 cm³/mol. The quantitative estimate of drug-likeness (QED) is 0.139. The molecule has 0 atom stereocenters. The van der Waals surface area contributed by atoms with E-state index < -0.39 is 0 Å². The Labute approximate surface area is 491 Å². The minimum atomic E-state index is 0.314. The Morgan fingerprint density at radius 3 is 0.802 bits per heavy atom. The van der Waals surface area contributed by atoms with Gasteiger partial charge in [0.15, 0.2) is 0 Å². The van der Waals surface area contributed by atoms with E-state index in [-0.39, 0.29) is 0 Å². The van der Waals surface area contributed by atoms with Gasteiger partial charge in [0.25, 0.3) is 0 Å². The van der Waals surface area contributed by atoms with Crippen molar-refractivity contribution in [3.8, 4) is 133 Å². The molecule has 0 fully saturated rings. The monoisotopic (exact) mass is 1090 g/mol. The topological polar surface area (TPSA) is 237 Å². The van der Waals surface area contributed by atoms with Gasteiger partial charge in [-0.25, -0.2) is 4.98 Å². The molecule has 3 heterocycles. The normalized spacial score (nSPS) is 10.7. The molecule has 13 rings (SSSR count). The minimum absolute atomic E-state index is 0.314. The van der Waals surface area contributed by atoms with Gasteiger partial charge < -0.3 is 9.13 Å². The Balaban J connectivity index is 1.16. The second kappa shape index (κ2) is 21.1. The van der Waals surface area contributed by atoms with Crippen molar-refractivity contribution in [2.75, 3.05) is 0 Å². The molecule has 0 unspecified atom stereocenters. The van der Waals surface area contributed by atoms with E-state index in [1.54, 1.807) is 72.8 Å².